The molecule has 112 valence electrons. The molecule has 1 fully saturated rings. The second-order valence-electron chi connectivity index (χ2n) is 4.31. The number of nitrogens with zero attached hydrogens (tertiary/aromatic N) is 1. The molecular formula is C14H16N2O4S. The van der Waals surface area contributed by atoms with E-state index in [0.717, 1.165) is 5.56 Å². The molecule has 1 aliphatic heterocycles. The number of methoxy groups -OCH3 is 3. The summed E-state index contributed by atoms with van der Waals surface area (Å²) in [6.45, 7) is 0. The van der Waals surface area contributed by atoms with Gasteiger partial charge >= 0.3 is 0 Å². The molecule has 1 aromatic rings. The molecule has 0 radical (unpaired) electrons. The van der Waals surface area contributed by atoms with E-state index < -0.39 is 0 Å². The maximum atomic E-state index is 12.0. The highest BCUT2D eigenvalue weighted by molar-refractivity contribution is 7.80. The Morgan fingerprint density at radius 1 is 1.14 bits per heavy atom. The van der Waals surface area contributed by atoms with Crippen molar-refractivity contribution >= 4 is 29.3 Å². The predicted molar refractivity (Wildman–Crippen MR) is 82.6 cm³/mol. The standard InChI is InChI=1S/C14H16N2O4S/c1-16-13(17)9(15-14(16)21)5-8-6-10(18-2)12(20-4)11(7-8)19-3/h5-7H,1-4H3,(H,15,21)/b9-5+. The summed E-state index contributed by atoms with van der Waals surface area (Å²) in [4.78, 5) is 13.3. The Kier molecular flexibility index (Phi) is 4.32. The highest BCUT2D eigenvalue weighted by Crippen LogP contribution is 2.38. The minimum Gasteiger partial charge on any atom is -0.493 e. The van der Waals surface area contributed by atoms with E-state index in [1.165, 1.54) is 26.2 Å². The SMILES string of the molecule is COc1cc(/C=C2/NC(=S)N(C)C2=O)cc(OC)c1OC. The topological polar surface area (TPSA) is 60.0 Å². The van der Waals surface area contributed by atoms with Gasteiger partial charge in [-0.15, -0.1) is 0 Å². The fourth-order valence-electron chi connectivity index (χ4n) is 1.97. The number of thiocarbonyl (C=S) groups is 1. The summed E-state index contributed by atoms with van der Waals surface area (Å²) < 4.78 is 15.8. The van der Waals surface area contributed by atoms with Gasteiger partial charge in [0.15, 0.2) is 16.6 Å². The quantitative estimate of drug-likeness (QED) is 0.670. The molecule has 1 heterocycles. The van der Waals surface area contributed by atoms with E-state index in [-0.39, 0.29) is 5.91 Å². The van der Waals surface area contributed by atoms with Gasteiger partial charge in [0, 0.05) is 7.05 Å². The van der Waals surface area contributed by atoms with Crippen LogP contribution in [0.2, 0.25) is 0 Å². The Morgan fingerprint density at radius 2 is 1.71 bits per heavy atom. The number of nitrogens with one attached hydrogen (secondary N) is 1. The molecule has 1 aliphatic rings. The van der Waals surface area contributed by atoms with Crippen LogP contribution in [0.5, 0.6) is 17.2 Å². The van der Waals surface area contributed by atoms with Gasteiger partial charge in [-0.3, -0.25) is 9.69 Å². The molecule has 0 aromatic heterocycles. The summed E-state index contributed by atoms with van der Waals surface area (Å²) in [6, 6.07) is 3.51. The average Bonchev–Trinajstić information content (AvgIpc) is 2.73. The Morgan fingerprint density at radius 3 is 2.10 bits per heavy atom. The van der Waals surface area contributed by atoms with Crippen molar-refractivity contribution in [1.82, 2.24) is 10.2 Å². The lowest BCUT2D eigenvalue weighted by molar-refractivity contribution is -0.121. The number of hydrogen-bond donors (Lipinski definition) is 1. The van der Waals surface area contributed by atoms with Crippen molar-refractivity contribution in [1.29, 1.82) is 0 Å². The zero-order chi connectivity index (χ0) is 15.6. The van der Waals surface area contributed by atoms with Crippen LogP contribution in [0.1, 0.15) is 5.56 Å². The lowest BCUT2D eigenvalue weighted by atomic mass is 10.1. The van der Waals surface area contributed by atoms with E-state index in [1.54, 1.807) is 25.3 Å². The summed E-state index contributed by atoms with van der Waals surface area (Å²) in [7, 11) is 6.23. The zero-order valence-electron chi connectivity index (χ0n) is 12.2. The smallest absolute Gasteiger partial charge is 0.276 e. The monoisotopic (exact) mass is 308 g/mol. The Bertz CT molecular complexity index is 602. The van der Waals surface area contributed by atoms with Crippen molar-refractivity contribution in [2.24, 2.45) is 0 Å². The molecule has 0 saturated carbocycles. The molecule has 0 atom stereocenters. The number of ether oxygens (including phenoxy) is 3. The van der Waals surface area contributed by atoms with E-state index in [1.807, 2.05) is 0 Å². The van der Waals surface area contributed by atoms with Gasteiger partial charge in [0.05, 0.1) is 21.3 Å². The second kappa shape index (κ2) is 6.01. The molecule has 1 amide bonds. The van der Waals surface area contributed by atoms with E-state index in [4.69, 9.17) is 26.4 Å². The van der Waals surface area contributed by atoms with Crippen molar-refractivity contribution in [3.8, 4) is 17.2 Å². The molecule has 1 aromatic carbocycles. The first-order chi connectivity index (χ1) is 10.0. The molecule has 0 aliphatic carbocycles. The van der Waals surface area contributed by atoms with Gasteiger partial charge in [-0.05, 0) is 36.0 Å². The number of hydrogen-bond acceptors (Lipinski definition) is 5. The fourth-order valence-corrected chi connectivity index (χ4v) is 2.17. The Labute approximate surface area is 128 Å². The molecule has 21 heavy (non-hydrogen) atoms. The summed E-state index contributed by atoms with van der Waals surface area (Å²) in [6.07, 6.45) is 1.68. The van der Waals surface area contributed by atoms with Gasteiger partial charge in [0.2, 0.25) is 5.75 Å². The largest absolute Gasteiger partial charge is 0.493 e. The third-order valence-corrected chi connectivity index (χ3v) is 3.46. The Hall–Kier alpha value is -2.28. The van der Waals surface area contributed by atoms with E-state index in [2.05, 4.69) is 5.32 Å². The summed E-state index contributed by atoms with van der Waals surface area (Å²) in [5.41, 5.74) is 1.13. The van der Waals surface area contributed by atoms with Crippen molar-refractivity contribution in [3.63, 3.8) is 0 Å². The number of likely N-dealkylation sites (N-methyl/N-ethyl adjacent to an activating group) is 1. The zero-order valence-corrected chi connectivity index (χ0v) is 13.0. The number of benzene rings is 1. The van der Waals surface area contributed by atoms with Crippen LogP contribution in [0.15, 0.2) is 17.8 Å². The van der Waals surface area contributed by atoms with E-state index >= 15 is 0 Å². The summed E-state index contributed by atoms with van der Waals surface area (Å²) in [5, 5.41) is 3.24. The average molecular weight is 308 g/mol. The van der Waals surface area contributed by atoms with E-state index in [9.17, 15) is 4.79 Å². The molecule has 1 N–H and O–H groups in total. The van der Waals surface area contributed by atoms with Crippen molar-refractivity contribution in [2.45, 2.75) is 0 Å². The van der Waals surface area contributed by atoms with Gasteiger partial charge in [-0.25, -0.2) is 0 Å². The first-order valence-electron chi connectivity index (χ1n) is 6.12. The highest BCUT2D eigenvalue weighted by Gasteiger charge is 2.27. The minimum absolute atomic E-state index is 0.186. The molecule has 0 spiro atoms. The highest BCUT2D eigenvalue weighted by atomic mass is 32.1. The first-order valence-corrected chi connectivity index (χ1v) is 6.53. The molecule has 0 bridgehead atoms. The normalized spacial score (nSPS) is 16.2. The summed E-state index contributed by atoms with van der Waals surface area (Å²) >= 11 is 5.03. The molecule has 2 rings (SSSR count). The van der Waals surface area contributed by atoms with Gasteiger partial charge in [0.25, 0.3) is 5.91 Å². The molecule has 6 nitrogen and oxygen atoms in total. The van der Waals surface area contributed by atoms with Gasteiger partial charge in [0.1, 0.15) is 5.70 Å². The van der Waals surface area contributed by atoms with Crippen molar-refractivity contribution in [3.05, 3.63) is 23.4 Å². The number of carbonyl (C=O) groups excluding carboxylic acids is 1. The third kappa shape index (κ3) is 2.78. The van der Waals surface area contributed by atoms with Crippen LogP contribution in [-0.2, 0) is 4.79 Å². The van der Waals surface area contributed by atoms with Crippen LogP contribution < -0.4 is 19.5 Å². The molecule has 1 saturated heterocycles. The molecule has 7 heteroatoms. The van der Waals surface area contributed by atoms with Crippen LogP contribution in [0.3, 0.4) is 0 Å². The second-order valence-corrected chi connectivity index (χ2v) is 4.70. The van der Waals surface area contributed by atoms with Crippen LogP contribution in [0.4, 0.5) is 0 Å². The summed E-state index contributed by atoms with van der Waals surface area (Å²) in [5.74, 6) is 1.35. The van der Waals surface area contributed by atoms with Crippen LogP contribution in [0.25, 0.3) is 6.08 Å². The number of rotatable bonds is 4. The maximum absolute atomic E-state index is 12.0. The van der Waals surface area contributed by atoms with Gasteiger partial charge in [-0.2, -0.15) is 0 Å². The number of carbonyl (C=O) groups is 1. The van der Waals surface area contributed by atoms with Crippen molar-refractivity contribution in [2.75, 3.05) is 28.4 Å². The third-order valence-electron chi connectivity index (χ3n) is 3.08. The van der Waals surface area contributed by atoms with Crippen molar-refractivity contribution < 1.29 is 19.0 Å². The lowest BCUT2D eigenvalue weighted by Crippen LogP contribution is -2.25. The van der Waals surface area contributed by atoms with Crippen LogP contribution in [0, 0.1) is 0 Å². The lowest BCUT2D eigenvalue weighted by Gasteiger charge is -2.13. The van der Waals surface area contributed by atoms with Gasteiger partial charge < -0.3 is 19.5 Å². The van der Waals surface area contributed by atoms with E-state index in [0.29, 0.717) is 28.1 Å². The van der Waals surface area contributed by atoms with Crippen LogP contribution >= 0.6 is 12.2 Å². The fraction of sp³-hybridized carbons (Fsp3) is 0.286. The Balaban J connectivity index is 2.46. The predicted octanol–water partition coefficient (Wildman–Crippen LogP) is 1.40. The minimum atomic E-state index is -0.186. The molecule has 0 unspecified atom stereocenters. The molecular weight excluding hydrogens is 292 g/mol. The van der Waals surface area contributed by atoms with Gasteiger partial charge in [-0.1, -0.05) is 0 Å². The maximum Gasteiger partial charge on any atom is 0.276 e. The van der Waals surface area contributed by atoms with Crippen LogP contribution in [-0.4, -0.2) is 44.3 Å². The first kappa shape index (κ1) is 15.1. The number of amides is 1.